The van der Waals surface area contributed by atoms with Gasteiger partial charge in [-0.25, -0.2) is 0 Å². The SMILES string of the molecule is O=[P+](O)C(O)c1ccccc1.[H-].[K+]. The minimum Gasteiger partial charge on any atom is -1.00 e. The van der Waals surface area contributed by atoms with Gasteiger partial charge < -0.3 is 6.53 Å². The molecule has 0 spiro atoms. The van der Waals surface area contributed by atoms with Gasteiger partial charge in [-0.2, -0.15) is 4.89 Å². The number of hydrogen-bond acceptors (Lipinski definition) is 2. The van der Waals surface area contributed by atoms with Gasteiger partial charge in [-0.15, -0.1) is 0 Å². The molecular formula is C7H9KO3P+. The van der Waals surface area contributed by atoms with Crippen molar-refractivity contribution < 1.29 is 67.4 Å². The second-order valence-electron chi connectivity index (χ2n) is 2.09. The molecule has 60 valence electrons. The standard InChI is InChI=1S/C7H7O3P.K.H/c8-7(11(9)10)6-4-2-1-3-5-6;;/h1-5,7-8H;;/q;+1;-1/p+1. The van der Waals surface area contributed by atoms with Gasteiger partial charge in [0.2, 0.25) is 0 Å². The van der Waals surface area contributed by atoms with Crippen molar-refractivity contribution in [3.8, 4) is 0 Å². The van der Waals surface area contributed by atoms with Crippen molar-refractivity contribution in [2.45, 2.75) is 5.85 Å². The molecule has 0 fully saturated rings. The number of hydrogen-bond donors (Lipinski definition) is 2. The van der Waals surface area contributed by atoms with Crippen molar-refractivity contribution in [3.63, 3.8) is 0 Å². The van der Waals surface area contributed by atoms with Crippen molar-refractivity contribution in [2.24, 2.45) is 0 Å². The molecule has 0 aromatic heterocycles. The van der Waals surface area contributed by atoms with Crippen LogP contribution in [0.4, 0.5) is 0 Å². The van der Waals surface area contributed by atoms with E-state index in [1.807, 2.05) is 0 Å². The molecule has 2 N–H and O–H groups in total. The topological polar surface area (TPSA) is 57.5 Å². The van der Waals surface area contributed by atoms with Crippen LogP contribution >= 0.6 is 8.03 Å². The molecule has 1 rings (SSSR count). The molecule has 0 saturated heterocycles. The first-order valence-electron chi connectivity index (χ1n) is 3.10. The maximum Gasteiger partial charge on any atom is 1.00 e. The fourth-order valence-corrected chi connectivity index (χ4v) is 1.18. The van der Waals surface area contributed by atoms with Crippen LogP contribution in [0.15, 0.2) is 30.3 Å². The Balaban J connectivity index is 0. The van der Waals surface area contributed by atoms with Gasteiger partial charge in [0.1, 0.15) is 0 Å². The third-order valence-corrected chi connectivity index (χ3v) is 2.02. The van der Waals surface area contributed by atoms with Gasteiger partial charge in [-0.3, -0.25) is 0 Å². The smallest absolute Gasteiger partial charge is 1.00 e. The Morgan fingerprint density at radius 2 is 1.83 bits per heavy atom. The quantitative estimate of drug-likeness (QED) is 0.464. The molecule has 3 nitrogen and oxygen atoms in total. The molecule has 2 atom stereocenters. The van der Waals surface area contributed by atoms with E-state index in [0.29, 0.717) is 5.56 Å². The first kappa shape index (κ1) is 12.9. The van der Waals surface area contributed by atoms with Crippen molar-refractivity contribution >= 4 is 8.03 Å². The van der Waals surface area contributed by atoms with E-state index in [2.05, 4.69) is 0 Å². The summed E-state index contributed by atoms with van der Waals surface area (Å²) in [7, 11) is -2.53. The Morgan fingerprint density at radius 3 is 2.25 bits per heavy atom. The van der Waals surface area contributed by atoms with E-state index in [-0.39, 0.29) is 52.8 Å². The average Bonchev–Trinajstić information content (AvgIpc) is 2.05. The molecule has 0 radical (unpaired) electrons. The van der Waals surface area contributed by atoms with Crippen LogP contribution in [-0.2, 0) is 4.57 Å². The zero-order chi connectivity index (χ0) is 8.27. The minimum absolute atomic E-state index is 0. The van der Waals surface area contributed by atoms with Gasteiger partial charge in [0.15, 0.2) is 0 Å². The molecule has 0 aliphatic rings. The van der Waals surface area contributed by atoms with Crippen LogP contribution in [0.3, 0.4) is 0 Å². The number of benzene rings is 1. The van der Waals surface area contributed by atoms with Gasteiger partial charge >= 0.3 is 65.3 Å². The molecule has 0 bridgehead atoms. The Kier molecular flexibility index (Phi) is 6.81. The van der Waals surface area contributed by atoms with Crippen molar-refractivity contribution in [1.82, 2.24) is 0 Å². The summed E-state index contributed by atoms with van der Waals surface area (Å²) >= 11 is 0. The van der Waals surface area contributed by atoms with E-state index in [0.717, 1.165) is 0 Å². The molecule has 2 unspecified atom stereocenters. The number of aliphatic hydroxyl groups excluding tert-OH is 1. The van der Waals surface area contributed by atoms with Gasteiger partial charge in [0.25, 0.3) is 0 Å². The zero-order valence-corrected chi connectivity index (χ0v) is 10.7. The maximum absolute atomic E-state index is 10.4. The Labute approximate surface area is 116 Å². The molecule has 12 heavy (non-hydrogen) atoms. The van der Waals surface area contributed by atoms with Gasteiger partial charge in [0.05, 0.1) is 0 Å². The molecule has 0 amide bonds. The molecule has 0 aliphatic heterocycles. The Hall–Kier alpha value is 0.876. The first-order valence-corrected chi connectivity index (χ1v) is 4.38. The van der Waals surface area contributed by atoms with E-state index < -0.39 is 13.9 Å². The number of rotatable bonds is 2. The minimum atomic E-state index is -2.53. The maximum atomic E-state index is 10.4. The first-order chi connectivity index (χ1) is 5.22. The third kappa shape index (κ3) is 3.72. The van der Waals surface area contributed by atoms with E-state index >= 15 is 0 Å². The molecule has 0 saturated carbocycles. The Bertz CT molecular complexity index is 257. The normalized spacial score (nSPS) is 13.0. The zero-order valence-electron chi connectivity index (χ0n) is 7.71. The van der Waals surface area contributed by atoms with Crippen LogP contribution < -0.4 is 51.4 Å². The molecule has 0 aliphatic carbocycles. The largest absolute Gasteiger partial charge is 1.00 e. The summed E-state index contributed by atoms with van der Waals surface area (Å²) in [6.45, 7) is 0. The fraction of sp³-hybridized carbons (Fsp3) is 0.143. The molecule has 0 heterocycles. The molecule has 5 heteroatoms. The summed E-state index contributed by atoms with van der Waals surface area (Å²) in [5.74, 6) is -1.26. The van der Waals surface area contributed by atoms with Crippen molar-refractivity contribution in [2.75, 3.05) is 0 Å². The van der Waals surface area contributed by atoms with Crippen LogP contribution in [0, 0.1) is 0 Å². The van der Waals surface area contributed by atoms with Crippen molar-refractivity contribution in [1.29, 1.82) is 0 Å². The summed E-state index contributed by atoms with van der Waals surface area (Å²) < 4.78 is 10.4. The fourth-order valence-electron chi connectivity index (χ4n) is 0.753. The second-order valence-corrected chi connectivity index (χ2v) is 3.18. The molecule has 1 aromatic carbocycles. The predicted molar refractivity (Wildman–Crippen MR) is 42.3 cm³/mol. The van der Waals surface area contributed by atoms with Gasteiger partial charge in [-0.05, 0) is 4.57 Å². The number of aliphatic hydroxyl groups is 1. The average molecular weight is 211 g/mol. The van der Waals surface area contributed by atoms with Crippen LogP contribution in [0.25, 0.3) is 0 Å². The van der Waals surface area contributed by atoms with E-state index in [1.165, 1.54) is 0 Å². The molecular weight excluding hydrogens is 202 g/mol. The van der Waals surface area contributed by atoms with Gasteiger partial charge in [0, 0.05) is 5.56 Å². The summed E-state index contributed by atoms with van der Waals surface area (Å²) in [5, 5.41) is 9.06. The summed E-state index contributed by atoms with van der Waals surface area (Å²) in [6.07, 6.45) is 0. The Morgan fingerprint density at radius 1 is 1.33 bits per heavy atom. The van der Waals surface area contributed by atoms with Crippen molar-refractivity contribution in [3.05, 3.63) is 35.9 Å². The molecule has 1 aromatic rings. The summed E-state index contributed by atoms with van der Waals surface area (Å²) in [4.78, 5) is 8.53. The predicted octanol–water partition coefficient (Wildman–Crippen LogP) is -1.47. The van der Waals surface area contributed by atoms with E-state index in [9.17, 15) is 4.57 Å². The van der Waals surface area contributed by atoms with Crippen LogP contribution in [0.5, 0.6) is 0 Å². The monoisotopic (exact) mass is 211 g/mol. The van der Waals surface area contributed by atoms with E-state index in [4.69, 9.17) is 10.00 Å². The van der Waals surface area contributed by atoms with E-state index in [1.54, 1.807) is 30.3 Å². The summed E-state index contributed by atoms with van der Waals surface area (Å²) in [5.41, 5.74) is 0.469. The third-order valence-electron chi connectivity index (χ3n) is 1.31. The van der Waals surface area contributed by atoms with Crippen LogP contribution in [0.1, 0.15) is 12.8 Å². The van der Waals surface area contributed by atoms with Crippen LogP contribution in [-0.4, -0.2) is 10.00 Å². The van der Waals surface area contributed by atoms with Crippen LogP contribution in [0.2, 0.25) is 0 Å². The second kappa shape index (κ2) is 6.35. The summed E-state index contributed by atoms with van der Waals surface area (Å²) in [6, 6.07) is 8.40. The van der Waals surface area contributed by atoms with Gasteiger partial charge in [-0.1, -0.05) is 30.3 Å².